The predicted molar refractivity (Wildman–Crippen MR) is 144 cm³/mol. The quantitative estimate of drug-likeness (QED) is 0.411. The third kappa shape index (κ3) is 7.72. The molecule has 2 aliphatic carbocycles. The molecule has 0 bridgehead atoms. The standard InChI is InChI=1S/C28H38N8O2/c37-27(19-35-17-25(31-33-35)15-21-7-3-1-4-8-21)29-23-11-13-24(14-12-23)30-28(38)20-36-18-26(32-34-36)16-22-9-5-2-6-10-22/h11-14,17-18,21-22H,1-10,15-16,19-20H2,(H,29,37)(H,30,38). The molecule has 202 valence electrons. The first kappa shape index (κ1) is 26.1. The van der Waals surface area contributed by atoms with Gasteiger partial charge >= 0.3 is 0 Å². The molecule has 0 spiro atoms. The number of benzene rings is 1. The molecule has 1 aromatic carbocycles. The summed E-state index contributed by atoms with van der Waals surface area (Å²) in [7, 11) is 0. The molecule has 0 unspecified atom stereocenters. The summed E-state index contributed by atoms with van der Waals surface area (Å²) < 4.78 is 3.18. The van der Waals surface area contributed by atoms with E-state index >= 15 is 0 Å². The Morgan fingerprint density at radius 3 is 1.45 bits per heavy atom. The Kier molecular flexibility index (Phi) is 8.78. The Labute approximate surface area is 223 Å². The van der Waals surface area contributed by atoms with Gasteiger partial charge in [0, 0.05) is 23.8 Å². The summed E-state index contributed by atoms with van der Waals surface area (Å²) in [6.45, 7) is 0.216. The van der Waals surface area contributed by atoms with Gasteiger partial charge in [0.25, 0.3) is 0 Å². The molecule has 10 heteroatoms. The molecule has 0 saturated heterocycles. The fourth-order valence-corrected chi connectivity index (χ4v) is 5.72. The van der Waals surface area contributed by atoms with Gasteiger partial charge in [-0.1, -0.05) is 74.6 Å². The molecule has 3 aromatic rings. The molecule has 0 aliphatic heterocycles. The van der Waals surface area contributed by atoms with Crippen LogP contribution in [0.25, 0.3) is 0 Å². The zero-order valence-corrected chi connectivity index (χ0v) is 22.0. The van der Waals surface area contributed by atoms with Gasteiger partial charge in [0.1, 0.15) is 13.1 Å². The molecule has 2 aliphatic rings. The number of nitrogens with one attached hydrogen (secondary N) is 2. The summed E-state index contributed by atoms with van der Waals surface area (Å²) in [6, 6.07) is 7.06. The van der Waals surface area contributed by atoms with E-state index in [4.69, 9.17) is 0 Å². The molecule has 10 nitrogen and oxygen atoms in total. The zero-order chi connectivity index (χ0) is 26.2. The lowest BCUT2D eigenvalue weighted by Crippen LogP contribution is -2.20. The third-order valence-electron chi connectivity index (χ3n) is 7.68. The lowest BCUT2D eigenvalue weighted by atomic mass is 9.86. The van der Waals surface area contributed by atoms with Crippen LogP contribution < -0.4 is 10.6 Å². The maximum absolute atomic E-state index is 12.5. The number of anilines is 2. The fourth-order valence-electron chi connectivity index (χ4n) is 5.72. The number of aromatic nitrogens is 6. The highest BCUT2D eigenvalue weighted by Gasteiger charge is 2.17. The predicted octanol–water partition coefficient (Wildman–Crippen LogP) is 4.39. The Balaban J connectivity index is 1.04. The minimum absolute atomic E-state index is 0.108. The Morgan fingerprint density at radius 2 is 1.05 bits per heavy atom. The van der Waals surface area contributed by atoms with E-state index in [1.807, 2.05) is 12.4 Å². The van der Waals surface area contributed by atoms with E-state index in [-0.39, 0.29) is 24.9 Å². The van der Waals surface area contributed by atoms with Crippen molar-refractivity contribution in [1.29, 1.82) is 0 Å². The average molecular weight is 519 g/mol. The molecule has 2 N–H and O–H groups in total. The van der Waals surface area contributed by atoms with Gasteiger partial charge in [-0.25, -0.2) is 9.36 Å². The van der Waals surface area contributed by atoms with Crippen LogP contribution in [0.1, 0.15) is 75.6 Å². The van der Waals surface area contributed by atoms with Crippen LogP contribution in [0.3, 0.4) is 0 Å². The van der Waals surface area contributed by atoms with E-state index in [1.165, 1.54) is 64.2 Å². The van der Waals surface area contributed by atoms with E-state index in [2.05, 4.69) is 31.3 Å². The van der Waals surface area contributed by atoms with Crippen LogP contribution in [0.2, 0.25) is 0 Å². The number of carbonyl (C=O) groups excluding carboxylic acids is 2. The number of amides is 2. The Hall–Kier alpha value is -3.56. The van der Waals surface area contributed by atoms with Crippen LogP contribution in [-0.4, -0.2) is 41.8 Å². The monoisotopic (exact) mass is 518 g/mol. The summed E-state index contributed by atoms with van der Waals surface area (Å²) in [5, 5.41) is 22.5. The van der Waals surface area contributed by atoms with Gasteiger partial charge in [-0.3, -0.25) is 9.59 Å². The van der Waals surface area contributed by atoms with Crippen LogP contribution in [0.4, 0.5) is 11.4 Å². The smallest absolute Gasteiger partial charge is 0.246 e. The number of carbonyl (C=O) groups is 2. The van der Waals surface area contributed by atoms with Crippen LogP contribution in [0.15, 0.2) is 36.7 Å². The molecule has 2 aromatic heterocycles. The second-order valence-corrected chi connectivity index (χ2v) is 10.9. The fraction of sp³-hybridized carbons (Fsp3) is 0.571. The van der Waals surface area contributed by atoms with E-state index in [0.29, 0.717) is 23.2 Å². The molecule has 38 heavy (non-hydrogen) atoms. The molecule has 5 rings (SSSR count). The largest absolute Gasteiger partial charge is 0.324 e. The second kappa shape index (κ2) is 12.8. The molecule has 0 radical (unpaired) electrons. The highest BCUT2D eigenvalue weighted by Crippen LogP contribution is 2.27. The highest BCUT2D eigenvalue weighted by molar-refractivity contribution is 5.92. The van der Waals surface area contributed by atoms with Crippen molar-refractivity contribution in [1.82, 2.24) is 30.0 Å². The van der Waals surface area contributed by atoms with E-state index in [1.54, 1.807) is 33.6 Å². The summed E-state index contributed by atoms with van der Waals surface area (Å²) >= 11 is 0. The van der Waals surface area contributed by atoms with Gasteiger partial charge in [-0.2, -0.15) is 0 Å². The number of rotatable bonds is 10. The van der Waals surface area contributed by atoms with Gasteiger partial charge in [-0.05, 0) is 48.9 Å². The molecule has 2 heterocycles. The molecular formula is C28H38N8O2. The topological polar surface area (TPSA) is 120 Å². The Morgan fingerprint density at radius 1 is 0.658 bits per heavy atom. The summed E-state index contributed by atoms with van der Waals surface area (Å²) in [5.41, 5.74) is 3.21. The van der Waals surface area contributed by atoms with Crippen molar-refractivity contribution in [3.05, 3.63) is 48.0 Å². The van der Waals surface area contributed by atoms with Crippen LogP contribution >= 0.6 is 0 Å². The van der Waals surface area contributed by atoms with Crippen molar-refractivity contribution in [2.45, 2.75) is 90.1 Å². The van der Waals surface area contributed by atoms with Gasteiger partial charge < -0.3 is 10.6 Å². The van der Waals surface area contributed by atoms with E-state index in [9.17, 15) is 9.59 Å². The first-order chi connectivity index (χ1) is 18.6. The summed E-state index contributed by atoms with van der Waals surface area (Å²) in [6.07, 6.45) is 18.5. The number of hydrogen-bond donors (Lipinski definition) is 2. The van der Waals surface area contributed by atoms with Gasteiger partial charge in [-0.15, -0.1) is 10.2 Å². The maximum Gasteiger partial charge on any atom is 0.246 e. The molecular weight excluding hydrogens is 480 g/mol. The van der Waals surface area contributed by atoms with Crippen molar-refractivity contribution in [2.75, 3.05) is 10.6 Å². The number of nitrogens with zero attached hydrogens (tertiary/aromatic N) is 6. The first-order valence-corrected chi connectivity index (χ1v) is 14.1. The summed E-state index contributed by atoms with van der Waals surface area (Å²) in [4.78, 5) is 25.0. The molecule has 2 saturated carbocycles. The van der Waals surface area contributed by atoms with Gasteiger partial charge in [0.05, 0.1) is 11.4 Å². The maximum atomic E-state index is 12.5. The van der Waals surface area contributed by atoms with E-state index in [0.717, 1.165) is 24.2 Å². The molecule has 0 atom stereocenters. The minimum atomic E-state index is -0.175. The van der Waals surface area contributed by atoms with Gasteiger partial charge in [0.15, 0.2) is 0 Å². The minimum Gasteiger partial charge on any atom is -0.324 e. The van der Waals surface area contributed by atoms with Gasteiger partial charge in [0.2, 0.25) is 11.8 Å². The lowest BCUT2D eigenvalue weighted by Gasteiger charge is -2.19. The molecule has 2 fully saturated rings. The zero-order valence-electron chi connectivity index (χ0n) is 22.0. The summed E-state index contributed by atoms with van der Waals surface area (Å²) in [5.74, 6) is 1.01. The van der Waals surface area contributed by atoms with Crippen LogP contribution in [0.5, 0.6) is 0 Å². The SMILES string of the molecule is O=C(Cn1cc(CC2CCCCC2)nn1)Nc1ccc(NC(=O)Cn2cc(CC3CCCCC3)nn2)cc1. The third-order valence-corrected chi connectivity index (χ3v) is 7.68. The van der Waals surface area contributed by atoms with E-state index < -0.39 is 0 Å². The van der Waals surface area contributed by atoms with Crippen molar-refractivity contribution in [2.24, 2.45) is 11.8 Å². The second-order valence-electron chi connectivity index (χ2n) is 10.9. The highest BCUT2D eigenvalue weighted by atomic mass is 16.2. The van der Waals surface area contributed by atoms with Crippen molar-refractivity contribution in [3.63, 3.8) is 0 Å². The van der Waals surface area contributed by atoms with Crippen LogP contribution in [-0.2, 0) is 35.5 Å². The first-order valence-electron chi connectivity index (χ1n) is 14.1. The molecule has 2 amide bonds. The Bertz CT molecular complexity index is 1100. The number of hydrogen-bond acceptors (Lipinski definition) is 6. The normalized spacial score (nSPS) is 16.8. The van der Waals surface area contributed by atoms with Crippen molar-refractivity contribution >= 4 is 23.2 Å². The lowest BCUT2D eigenvalue weighted by molar-refractivity contribution is -0.117. The van der Waals surface area contributed by atoms with Crippen LogP contribution in [0, 0.1) is 11.8 Å². The average Bonchev–Trinajstić information content (AvgIpc) is 3.55. The van der Waals surface area contributed by atoms with Crippen molar-refractivity contribution in [3.8, 4) is 0 Å². The van der Waals surface area contributed by atoms with Crippen molar-refractivity contribution < 1.29 is 9.59 Å².